The van der Waals surface area contributed by atoms with Gasteiger partial charge >= 0.3 is 0 Å². The van der Waals surface area contributed by atoms with Crippen LogP contribution in [0.1, 0.15) is 53.2 Å². The average Bonchev–Trinajstić information content (AvgIpc) is 3.88. The molecule has 2 atom stereocenters. The molecule has 2 aliphatic heterocycles. The van der Waals surface area contributed by atoms with E-state index in [4.69, 9.17) is 19.3 Å². The number of carbonyl (C=O) groups excluding carboxylic acids is 3. The predicted molar refractivity (Wildman–Crippen MR) is 197 cm³/mol. The van der Waals surface area contributed by atoms with E-state index in [0.717, 1.165) is 52.0 Å². The van der Waals surface area contributed by atoms with Crippen LogP contribution in [-0.2, 0) is 32.8 Å². The summed E-state index contributed by atoms with van der Waals surface area (Å²) in [5, 5.41) is 17.1. The highest BCUT2D eigenvalue weighted by Crippen LogP contribution is 2.40. The average molecular weight is 729 g/mol. The Morgan fingerprint density at radius 3 is 2.37 bits per heavy atom. The van der Waals surface area contributed by atoms with Gasteiger partial charge in [-0.25, -0.2) is 4.68 Å². The zero-order valence-corrected chi connectivity index (χ0v) is 29.8. The third-order valence-corrected chi connectivity index (χ3v) is 10.4. The molecule has 54 heavy (non-hydrogen) atoms. The van der Waals surface area contributed by atoms with E-state index in [2.05, 4.69) is 34.0 Å². The van der Waals surface area contributed by atoms with Gasteiger partial charge in [0.1, 0.15) is 36.4 Å². The molecule has 0 saturated carbocycles. The van der Waals surface area contributed by atoms with Crippen molar-refractivity contribution in [2.45, 2.75) is 50.7 Å². The summed E-state index contributed by atoms with van der Waals surface area (Å²) >= 11 is 0. The summed E-state index contributed by atoms with van der Waals surface area (Å²) in [6, 6.07) is 22.7. The summed E-state index contributed by atoms with van der Waals surface area (Å²) in [6.07, 6.45) is 7.81. The summed E-state index contributed by atoms with van der Waals surface area (Å²) in [5.74, 6) is 0.360. The zero-order valence-electron chi connectivity index (χ0n) is 29.8. The van der Waals surface area contributed by atoms with Gasteiger partial charge in [0, 0.05) is 48.2 Å². The van der Waals surface area contributed by atoms with Crippen molar-refractivity contribution in [2.24, 2.45) is 0 Å². The molecule has 2 aromatic heterocycles. The smallest absolute Gasteiger partial charge is 0.255 e. The number of carbonyl (C=O) groups is 3. The number of piperidine rings is 1. The molecule has 3 amide bonds. The molecule has 3 aliphatic rings. The lowest BCUT2D eigenvalue weighted by atomic mass is 9.93. The van der Waals surface area contributed by atoms with Gasteiger partial charge in [-0.3, -0.25) is 24.7 Å². The number of aromatic nitrogens is 3. The largest absolute Gasteiger partial charge is 0.491 e. The van der Waals surface area contributed by atoms with Crippen LogP contribution in [0.15, 0.2) is 91.4 Å². The second-order valence-electron chi connectivity index (χ2n) is 13.9. The molecule has 0 bridgehead atoms. The Kier molecular flexibility index (Phi) is 9.67. The lowest BCUT2D eigenvalue weighted by Crippen LogP contribution is -2.52. The fourth-order valence-electron chi connectivity index (χ4n) is 7.46. The number of hydrogen-bond acceptors (Lipinski definition) is 10. The number of rotatable bonds is 13. The molecule has 13 heteroatoms. The Morgan fingerprint density at radius 1 is 0.852 bits per heavy atom. The molecule has 1 aliphatic carbocycles. The van der Waals surface area contributed by atoms with Crippen molar-refractivity contribution < 1.29 is 33.8 Å². The van der Waals surface area contributed by atoms with Crippen LogP contribution in [0.2, 0.25) is 0 Å². The molecule has 276 valence electrons. The minimum atomic E-state index is -0.651. The summed E-state index contributed by atoms with van der Waals surface area (Å²) in [6.45, 7) is 3.71. The van der Waals surface area contributed by atoms with Crippen LogP contribution >= 0.6 is 0 Å². The number of hydroxylamine groups is 1. The van der Waals surface area contributed by atoms with Gasteiger partial charge in [0.2, 0.25) is 11.8 Å². The Labute approximate surface area is 311 Å². The molecule has 8 rings (SSSR count). The minimum Gasteiger partial charge on any atom is -0.491 e. The summed E-state index contributed by atoms with van der Waals surface area (Å²) in [5.41, 5.74) is 10.5. The molecular weight excluding hydrogens is 688 g/mol. The molecule has 1 fully saturated rings. The number of imide groups is 1. The third kappa shape index (κ3) is 6.96. The molecular formula is C41H40N6O7. The maximum absolute atomic E-state index is 12.9. The van der Waals surface area contributed by atoms with Gasteiger partial charge in [-0.2, -0.15) is 10.6 Å². The number of benzene rings is 3. The zero-order chi connectivity index (χ0) is 37.2. The van der Waals surface area contributed by atoms with Crippen LogP contribution in [-0.4, -0.2) is 75.1 Å². The monoisotopic (exact) mass is 728 g/mol. The van der Waals surface area contributed by atoms with Gasteiger partial charge in [-0.05, 0) is 103 Å². The third-order valence-electron chi connectivity index (χ3n) is 10.4. The Hall–Kier alpha value is -5.89. The van der Waals surface area contributed by atoms with Crippen LogP contribution in [0.5, 0.6) is 11.5 Å². The van der Waals surface area contributed by atoms with Crippen molar-refractivity contribution >= 4 is 17.7 Å². The van der Waals surface area contributed by atoms with E-state index in [-0.39, 0.29) is 18.2 Å². The molecule has 3 N–H and O–H groups in total. The molecule has 4 heterocycles. The fourth-order valence-corrected chi connectivity index (χ4v) is 7.46. The summed E-state index contributed by atoms with van der Waals surface area (Å²) in [7, 11) is 0. The molecule has 0 radical (unpaired) electrons. The van der Waals surface area contributed by atoms with Gasteiger partial charge < -0.3 is 24.3 Å². The van der Waals surface area contributed by atoms with E-state index in [1.807, 2.05) is 60.3 Å². The number of hydrogen-bond donors (Lipinski definition) is 3. The minimum absolute atomic E-state index is 0.216. The fraction of sp³-hybridized carbons (Fsp3) is 0.293. The van der Waals surface area contributed by atoms with Crippen molar-refractivity contribution in [3.05, 3.63) is 114 Å². The van der Waals surface area contributed by atoms with Crippen molar-refractivity contribution in [3.8, 4) is 39.6 Å². The number of amides is 3. The first-order valence-electron chi connectivity index (χ1n) is 18.1. The van der Waals surface area contributed by atoms with E-state index in [1.165, 1.54) is 10.5 Å². The summed E-state index contributed by atoms with van der Waals surface area (Å²) in [4.78, 5) is 42.5. The van der Waals surface area contributed by atoms with Crippen molar-refractivity contribution in [1.82, 2.24) is 30.5 Å². The quantitative estimate of drug-likeness (QED) is 0.0859. The van der Waals surface area contributed by atoms with Crippen LogP contribution in [0.25, 0.3) is 28.1 Å². The number of ether oxygens (including phenoxy) is 3. The van der Waals surface area contributed by atoms with E-state index in [0.29, 0.717) is 56.5 Å². The first-order valence-corrected chi connectivity index (χ1v) is 18.1. The maximum atomic E-state index is 12.9. The van der Waals surface area contributed by atoms with Gasteiger partial charge in [-0.15, -0.1) is 0 Å². The van der Waals surface area contributed by atoms with Gasteiger partial charge in [-0.1, -0.05) is 18.2 Å². The van der Waals surface area contributed by atoms with Crippen LogP contribution < -0.4 is 20.3 Å². The van der Waals surface area contributed by atoms with Crippen molar-refractivity contribution in [3.63, 3.8) is 0 Å². The van der Waals surface area contributed by atoms with Crippen LogP contribution in [0, 0.1) is 0 Å². The topological polar surface area (TPSA) is 157 Å². The number of nitrogens with one attached hydrogen (secondary N) is 2. The molecule has 2 unspecified atom stereocenters. The number of aryl methyl sites for hydroxylation is 1. The normalized spacial score (nSPS) is 19.1. The van der Waals surface area contributed by atoms with E-state index in [9.17, 15) is 19.6 Å². The second-order valence-corrected chi connectivity index (χ2v) is 13.9. The number of fused-ring (bicyclic) bond motifs is 2. The number of nitrogens with zero attached hydrogens (tertiary/aromatic N) is 4. The van der Waals surface area contributed by atoms with Crippen LogP contribution in [0.4, 0.5) is 0 Å². The van der Waals surface area contributed by atoms with Crippen molar-refractivity contribution in [2.75, 3.05) is 26.4 Å². The first-order chi connectivity index (χ1) is 26.3. The molecule has 13 nitrogen and oxygen atoms in total. The maximum Gasteiger partial charge on any atom is 0.255 e. The van der Waals surface area contributed by atoms with E-state index < -0.39 is 17.5 Å². The standard InChI is InChI=1S/C41H40N6O7/c1-41(45-51)15-12-28-22-27(2-9-35(28)41)34-25-47(44-38(34)26-13-16-42-17-14-26)30-3-5-31(6-4-30)53-20-18-52-19-21-54-32-7-8-33-29(23-32)24-46(40(33)50)36-10-11-37(48)43-39(36)49/h2-9,13-14,16-17,22-23,25,36,45,51H,10-12,15,18-21,24H2,1H3,(H,43,48,49). The Morgan fingerprint density at radius 2 is 1.61 bits per heavy atom. The highest BCUT2D eigenvalue weighted by Gasteiger charge is 2.39. The highest BCUT2D eigenvalue weighted by molar-refractivity contribution is 6.05. The molecule has 5 aromatic rings. The van der Waals surface area contributed by atoms with Gasteiger partial charge in [0.15, 0.2) is 0 Å². The second kappa shape index (κ2) is 14.9. The Balaban J connectivity index is 0.831. The molecule has 0 spiro atoms. The van der Waals surface area contributed by atoms with Crippen molar-refractivity contribution in [1.29, 1.82) is 0 Å². The summed E-state index contributed by atoms with van der Waals surface area (Å²) < 4.78 is 19.4. The number of pyridine rings is 1. The first kappa shape index (κ1) is 35.2. The van der Waals surface area contributed by atoms with E-state index in [1.54, 1.807) is 24.5 Å². The highest BCUT2D eigenvalue weighted by atomic mass is 16.5. The van der Waals surface area contributed by atoms with Crippen LogP contribution in [0.3, 0.4) is 0 Å². The SMILES string of the molecule is CC1(NO)CCc2cc(-c3cn(-c4ccc(OCCOCCOc5ccc6c(c5)CN(C5CCC(=O)NC5=O)C6=O)cc4)nc3-c3ccncc3)ccc21. The van der Waals surface area contributed by atoms with Gasteiger partial charge in [0.25, 0.3) is 5.91 Å². The van der Waals surface area contributed by atoms with Gasteiger partial charge in [0.05, 0.1) is 24.4 Å². The predicted octanol–water partition coefficient (Wildman–Crippen LogP) is 4.98. The lowest BCUT2D eigenvalue weighted by Gasteiger charge is -2.29. The lowest BCUT2D eigenvalue weighted by molar-refractivity contribution is -0.136. The molecule has 3 aromatic carbocycles. The van der Waals surface area contributed by atoms with E-state index >= 15 is 0 Å². The molecule has 1 saturated heterocycles. The Bertz CT molecular complexity index is 2210.